The van der Waals surface area contributed by atoms with Crippen LogP contribution in [-0.2, 0) is 9.59 Å². The van der Waals surface area contributed by atoms with E-state index < -0.39 is 11.9 Å². The first kappa shape index (κ1) is 15.2. The van der Waals surface area contributed by atoms with Gasteiger partial charge in [-0.05, 0) is 0 Å². The maximum absolute atomic E-state index is 11.9. The van der Waals surface area contributed by atoms with E-state index in [4.69, 9.17) is 10.8 Å². The van der Waals surface area contributed by atoms with Gasteiger partial charge >= 0.3 is 12.0 Å². The Bertz CT molecular complexity index is 353. The Labute approximate surface area is 111 Å². The van der Waals surface area contributed by atoms with Gasteiger partial charge in [-0.2, -0.15) is 0 Å². The fourth-order valence-electron chi connectivity index (χ4n) is 1.96. The Morgan fingerprint density at radius 2 is 1.79 bits per heavy atom. The second-order valence-electron chi connectivity index (χ2n) is 4.58. The van der Waals surface area contributed by atoms with Gasteiger partial charge in [0.25, 0.3) is 0 Å². The molecule has 0 radical (unpaired) electrons. The summed E-state index contributed by atoms with van der Waals surface area (Å²) in [6, 6.07) is -0.225. The number of hydrogen-bond acceptors (Lipinski definition) is 4. The predicted molar refractivity (Wildman–Crippen MR) is 67.5 cm³/mol. The van der Waals surface area contributed by atoms with Gasteiger partial charge in [0.2, 0.25) is 5.91 Å². The van der Waals surface area contributed by atoms with Gasteiger partial charge in [0, 0.05) is 39.8 Å². The molecule has 3 amide bonds. The Morgan fingerprint density at radius 3 is 2.26 bits per heavy atom. The molecule has 1 heterocycles. The van der Waals surface area contributed by atoms with Crippen LogP contribution in [-0.4, -0.2) is 84.0 Å². The van der Waals surface area contributed by atoms with E-state index >= 15 is 0 Å². The molecule has 0 spiro atoms. The summed E-state index contributed by atoms with van der Waals surface area (Å²) in [5.74, 6) is -1.37. The van der Waals surface area contributed by atoms with Crippen molar-refractivity contribution in [2.75, 3.05) is 46.3 Å². The van der Waals surface area contributed by atoms with Crippen molar-refractivity contribution in [2.45, 2.75) is 6.42 Å². The molecule has 0 aromatic carbocycles. The van der Waals surface area contributed by atoms with Gasteiger partial charge in [-0.3, -0.25) is 14.5 Å². The molecule has 0 unspecified atom stereocenters. The van der Waals surface area contributed by atoms with E-state index in [2.05, 4.69) is 0 Å². The average Bonchev–Trinajstić information content (AvgIpc) is 2.35. The molecule has 1 fully saturated rings. The predicted octanol–water partition coefficient (Wildman–Crippen LogP) is -1.38. The first-order valence-corrected chi connectivity index (χ1v) is 6.12. The lowest BCUT2D eigenvalue weighted by molar-refractivity contribution is -0.137. The highest BCUT2D eigenvalue weighted by Gasteiger charge is 2.24. The third-order valence-electron chi connectivity index (χ3n) is 3.00. The van der Waals surface area contributed by atoms with Crippen LogP contribution in [0.5, 0.6) is 0 Å². The normalized spacial score (nSPS) is 16.2. The average molecular weight is 272 g/mol. The number of likely N-dealkylation sites (N-methyl/N-ethyl adjacent to an activating group) is 1. The van der Waals surface area contributed by atoms with Gasteiger partial charge in [0.1, 0.15) is 6.54 Å². The van der Waals surface area contributed by atoms with Crippen LogP contribution >= 0.6 is 0 Å². The van der Waals surface area contributed by atoms with Gasteiger partial charge in [-0.15, -0.1) is 0 Å². The second kappa shape index (κ2) is 6.93. The number of carboxylic acids is 1. The molecular formula is C11H20N4O4. The molecule has 1 aliphatic heterocycles. The lowest BCUT2D eigenvalue weighted by Gasteiger charge is -2.36. The fraction of sp³-hybridized carbons (Fsp3) is 0.727. The Balaban J connectivity index is 2.34. The van der Waals surface area contributed by atoms with Crippen molar-refractivity contribution in [1.29, 1.82) is 0 Å². The number of primary amides is 1. The number of nitrogens with zero attached hydrogens (tertiary/aromatic N) is 3. The van der Waals surface area contributed by atoms with E-state index in [0.29, 0.717) is 32.7 Å². The smallest absolute Gasteiger partial charge is 0.320 e. The lowest BCUT2D eigenvalue weighted by atomic mass is 10.3. The topological polar surface area (TPSA) is 107 Å². The first-order chi connectivity index (χ1) is 8.90. The maximum atomic E-state index is 11.9. The molecular weight excluding hydrogens is 252 g/mol. The van der Waals surface area contributed by atoms with Crippen molar-refractivity contribution in [3.63, 3.8) is 0 Å². The number of carboxylic acid groups (broad SMARTS) is 1. The summed E-state index contributed by atoms with van der Waals surface area (Å²) >= 11 is 0. The van der Waals surface area contributed by atoms with Crippen LogP contribution in [0.1, 0.15) is 6.42 Å². The third-order valence-corrected chi connectivity index (χ3v) is 3.00. The number of aliphatic carboxylic acids is 1. The van der Waals surface area contributed by atoms with Crippen molar-refractivity contribution < 1.29 is 19.5 Å². The molecule has 3 N–H and O–H groups in total. The lowest BCUT2D eigenvalue weighted by Crippen LogP contribution is -2.53. The number of urea groups is 1. The number of rotatable bonds is 5. The van der Waals surface area contributed by atoms with E-state index in [1.54, 1.807) is 4.90 Å². The van der Waals surface area contributed by atoms with Crippen molar-refractivity contribution in [3.8, 4) is 0 Å². The summed E-state index contributed by atoms with van der Waals surface area (Å²) in [6.07, 6.45) is 0.107. The SMILES string of the molecule is CN(CC(N)=O)C(=O)N1CCN(CCC(=O)O)CC1. The molecule has 1 rings (SSSR count). The zero-order valence-electron chi connectivity index (χ0n) is 11.0. The standard InChI is InChI=1S/C11H20N4O4/c1-13(8-9(12)16)11(19)15-6-4-14(5-7-15)3-2-10(17)18/h2-8H2,1H3,(H2,12,16)(H,17,18). The Morgan fingerprint density at radius 1 is 1.21 bits per heavy atom. The Hall–Kier alpha value is -1.83. The molecule has 0 aromatic rings. The van der Waals surface area contributed by atoms with Crippen LogP contribution in [0.4, 0.5) is 4.79 Å². The maximum Gasteiger partial charge on any atom is 0.320 e. The fourth-order valence-corrected chi connectivity index (χ4v) is 1.96. The van der Waals surface area contributed by atoms with E-state index in [-0.39, 0.29) is 19.0 Å². The van der Waals surface area contributed by atoms with Crippen molar-refractivity contribution in [3.05, 3.63) is 0 Å². The second-order valence-corrected chi connectivity index (χ2v) is 4.58. The van der Waals surface area contributed by atoms with Gasteiger partial charge in [-0.25, -0.2) is 4.79 Å². The van der Waals surface area contributed by atoms with E-state index in [9.17, 15) is 14.4 Å². The summed E-state index contributed by atoms with van der Waals surface area (Å²) in [4.78, 5) is 38.1. The zero-order valence-corrected chi connectivity index (χ0v) is 11.0. The number of piperazine rings is 1. The summed E-state index contributed by atoms with van der Waals surface area (Å²) in [5.41, 5.74) is 5.04. The number of nitrogens with two attached hydrogens (primary N) is 1. The first-order valence-electron chi connectivity index (χ1n) is 6.12. The molecule has 1 saturated heterocycles. The van der Waals surface area contributed by atoms with Crippen LogP contribution in [0, 0.1) is 0 Å². The molecule has 0 bridgehead atoms. The van der Waals surface area contributed by atoms with Gasteiger partial charge in [0.05, 0.1) is 6.42 Å². The van der Waals surface area contributed by atoms with Crippen molar-refractivity contribution >= 4 is 17.9 Å². The Kier molecular flexibility index (Phi) is 5.56. The molecule has 1 aliphatic rings. The largest absolute Gasteiger partial charge is 0.481 e. The highest BCUT2D eigenvalue weighted by molar-refractivity contribution is 5.82. The third kappa shape index (κ3) is 5.12. The molecule has 0 atom stereocenters. The quantitative estimate of drug-likeness (QED) is 0.641. The van der Waals surface area contributed by atoms with Crippen molar-refractivity contribution in [2.24, 2.45) is 5.73 Å². The van der Waals surface area contributed by atoms with E-state index in [1.807, 2.05) is 4.90 Å². The van der Waals surface area contributed by atoms with E-state index in [1.165, 1.54) is 11.9 Å². The highest BCUT2D eigenvalue weighted by Crippen LogP contribution is 2.05. The molecule has 8 heteroatoms. The minimum Gasteiger partial charge on any atom is -0.481 e. The summed E-state index contributed by atoms with van der Waals surface area (Å²) in [5, 5.41) is 8.60. The zero-order chi connectivity index (χ0) is 14.4. The molecule has 19 heavy (non-hydrogen) atoms. The van der Waals surface area contributed by atoms with Crippen LogP contribution in [0.2, 0.25) is 0 Å². The van der Waals surface area contributed by atoms with Crippen LogP contribution < -0.4 is 5.73 Å². The number of carbonyl (C=O) groups excluding carboxylic acids is 2. The number of amides is 3. The van der Waals surface area contributed by atoms with Crippen LogP contribution in [0.3, 0.4) is 0 Å². The van der Waals surface area contributed by atoms with E-state index in [0.717, 1.165) is 0 Å². The molecule has 0 aliphatic carbocycles. The molecule has 0 saturated carbocycles. The monoisotopic (exact) mass is 272 g/mol. The highest BCUT2D eigenvalue weighted by atomic mass is 16.4. The number of carbonyl (C=O) groups is 3. The molecule has 108 valence electrons. The minimum atomic E-state index is -0.820. The van der Waals surface area contributed by atoms with Crippen LogP contribution in [0.15, 0.2) is 0 Å². The van der Waals surface area contributed by atoms with Crippen molar-refractivity contribution in [1.82, 2.24) is 14.7 Å². The number of hydrogen-bond donors (Lipinski definition) is 2. The summed E-state index contributed by atoms with van der Waals surface area (Å²) in [6.45, 7) is 2.74. The van der Waals surface area contributed by atoms with Gasteiger partial charge in [0.15, 0.2) is 0 Å². The summed E-state index contributed by atoms with van der Waals surface area (Å²) < 4.78 is 0. The van der Waals surface area contributed by atoms with Gasteiger partial charge in [-0.1, -0.05) is 0 Å². The minimum absolute atomic E-state index is 0.0991. The van der Waals surface area contributed by atoms with Gasteiger partial charge < -0.3 is 20.6 Å². The summed E-state index contributed by atoms with van der Waals surface area (Å²) in [7, 11) is 1.53. The molecule has 8 nitrogen and oxygen atoms in total. The van der Waals surface area contributed by atoms with Crippen LogP contribution in [0.25, 0.3) is 0 Å². The molecule has 0 aromatic heterocycles.